The molecule has 0 atom stereocenters. The number of benzene rings is 3. The van der Waals surface area contributed by atoms with Gasteiger partial charge in [0.1, 0.15) is 18.1 Å². The summed E-state index contributed by atoms with van der Waals surface area (Å²) < 4.78 is 56.9. The minimum absolute atomic E-state index is 0.134. The third-order valence-electron chi connectivity index (χ3n) is 4.98. The Balaban J connectivity index is 1.87. The molecule has 0 fully saturated rings. The van der Waals surface area contributed by atoms with Crippen LogP contribution in [0.3, 0.4) is 0 Å². The van der Waals surface area contributed by atoms with Crippen LogP contribution in [0.4, 0.5) is 10.1 Å². The zero-order valence-corrected chi connectivity index (χ0v) is 19.8. The predicted molar refractivity (Wildman–Crippen MR) is 125 cm³/mol. The van der Waals surface area contributed by atoms with E-state index in [1.165, 1.54) is 27.4 Å². The number of nitrogens with zero attached hydrogens (tertiary/aromatic N) is 1. The summed E-state index contributed by atoms with van der Waals surface area (Å²) in [5.74, 6) is 0.191. The Morgan fingerprint density at radius 1 is 0.882 bits per heavy atom. The molecule has 3 rings (SSSR count). The van der Waals surface area contributed by atoms with E-state index >= 15 is 0 Å². The average molecular weight is 489 g/mol. The predicted octanol–water partition coefficient (Wildman–Crippen LogP) is 3.36. The number of hydrogen-bond donors (Lipinski definition) is 1. The lowest BCUT2D eigenvalue weighted by Crippen LogP contribution is -2.40. The van der Waals surface area contributed by atoms with Crippen molar-refractivity contribution in [3.63, 3.8) is 0 Å². The molecule has 0 radical (unpaired) electrons. The van der Waals surface area contributed by atoms with E-state index in [2.05, 4.69) is 5.32 Å². The van der Waals surface area contributed by atoms with Gasteiger partial charge in [0.2, 0.25) is 5.91 Å². The Hall–Kier alpha value is -3.79. The zero-order valence-electron chi connectivity index (χ0n) is 18.9. The Morgan fingerprint density at radius 3 is 2.18 bits per heavy atom. The lowest BCUT2D eigenvalue weighted by Gasteiger charge is -2.25. The number of methoxy groups -OCH3 is 3. The fraction of sp³-hybridized carbons (Fsp3) is 0.208. The first kappa shape index (κ1) is 24.8. The van der Waals surface area contributed by atoms with Gasteiger partial charge in [-0.1, -0.05) is 18.2 Å². The molecule has 0 spiro atoms. The first-order chi connectivity index (χ1) is 16.3. The molecule has 0 saturated carbocycles. The molecule has 1 amide bonds. The van der Waals surface area contributed by atoms with Crippen LogP contribution in [0.1, 0.15) is 5.56 Å². The van der Waals surface area contributed by atoms with Crippen molar-refractivity contribution >= 4 is 21.6 Å². The van der Waals surface area contributed by atoms with Crippen molar-refractivity contribution in [1.29, 1.82) is 0 Å². The third-order valence-corrected chi connectivity index (χ3v) is 6.75. The van der Waals surface area contributed by atoms with Crippen LogP contribution in [0.5, 0.6) is 17.2 Å². The molecule has 0 unspecified atom stereocenters. The van der Waals surface area contributed by atoms with Crippen LogP contribution < -0.4 is 23.8 Å². The minimum Gasteiger partial charge on any atom is -0.495 e. The monoisotopic (exact) mass is 488 g/mol. The SMILES string of the molecule is COc1ccc(CNC(=O)CN(c2ccccc2OC)S(=O)(=O)c2ccc(F)cc2)cc1OC. The maximum atomic E-state index is 13.4. The lowest BCUT2D eigenvalue weighted by atomic mass is 10.2. The summed E-state index contributed by atoms with van der Waals surface area (Å²) in [6.07, 6.45) is 0. The molecule has 10 heteroatoms. The summed E-state index contributed by atoms with van der Waals surface area (Å²) in [4.78, 5) is 12.7. The van der Waals surface area contributed by atoms with Gasteiger partial charge in [-0.2, -0.15) is 0 Å². The quantitative estimate of drug-likeness (QED) is 0.470. The Bertz CT molecular complexity index is 1250. The smallest absolute Gasteiger partial charge is 0.264 e. The number of amides is 1. The minimum atomic E-state index is -4.21. The molecule has 0 aromatic heterocycles. The van der Waals surface area contributed by atoms with Gasteiger partial charge in [0.05, 0.1) is 31.9 Å². The van der Waals surface area contributed by atoms with Crippen molar-refractivity contribution in [2.45, 2.75) is 11.4 Å². The number of carbonyl (C=O) groups excluding carboxylic acids is 1. The van der Waals surface area contributed by atoms with E-state index in [9.17, 15) is 17.6 Å². The summed E-state index contributed by atoms with van der Waals surface area (Å²) in [6.45, 7) is -0.386. The first-order valence-electron chi connectivity index (χ1n) is 10.2. The van der Waals surface area contributed by atoms with Crippen LogP contribution in [0.15, 0.2) is 71.6 Å². The van der Waals surface area contributed by atoms with Crippen molar-refractivity contribution < 1.29 is 31.8 Å². The normalized spacial score (nSPS) is 10.9. The van der Waals surface area contributed by atoms with Gasteiger partial charge in [-0.25, -0.2) is 12.8 Å². The second kappa shape index (κ2) is 10.9. The Morgan fingerprint density at radius 2 is 1.53 bits per heavy atom. The zero-order chi connectivity index (χ0) is 24.7. The molecule has 34 heavy (non-hydrogen) atoms. The fourth-order valence-corrected chi connectivity index (χ4v) is 4.68. The van der Waals surface area contributed by atoms with Gasteiger partial charge in [0.15, 0.2) is 11.5 Å². The van der Waals surface area contributed by atoms with Crippen LogP contribution in [0.2, 0.25) is 0 Å². The van der Waals surface area contributed by atoms with Crippen LogP contribution in [0.25, 0.3) is 0 Å². The largest absolute Gasteiger partial charge is 0.495 e. The van der Waals surface area contributed by atoms with Crippen molar-refractivity contribution in [3.05, 3.63) is 78.1 Å². The summed E-state index contributed by atoms with van der Waals surface area (Å²) in [6, 6.07) is 16.0. The van der Waals surface area contributed by atoms with Crippen molar-refractivity contribution in [3.8, 4) is 17.2 Å². The van der Waals surface area contributed by atoms with Gasteiger partial charge in [0, 0.05) is 6.54 Å². The van der Waals surface area contributed by atoms with Gasteiger partial charge in [-0.15, -0.1) is 0 Å². The fourth-order valence-electron chi connectivity index (χ4n) is 3.25. The van der Waals surface area contributed by atoms with Gasteiger partial charge < -0.3 is 19.5 Å². The number of anilines is 1. The van der Waals surface area contributed by atoms with Crippen molar-refractivity contribution in [2.24, 2.45) is 0 Å². The summed E-state index contributed by atoms with van der Waals surface area (Å²) >= 11 is 0. The van der Waals surface area contributed by atoms with Gasteiger partial charge in [-0.05, 0) is 54.1 Å². The van der Waals surface area contributed by atoms with Crippen molar-refractivity contribution in [2.75, 3.05) is 32.2 Å². The summed E-state index contributed by atoms with van der Waals surface area (Å²) in [5, 5.41) is 2.72. The number of para-hydroxylation sites is 2. The second-order valence-electron chi connectivity index (χ2n) is 7.10. The number of nitrogens with one attached hydrogen (secondary N) is 1. The molecule has 8 nitrogen and oxygen atoms in total. The highest BCUT2D eigenvalue weighted by molar-refractivity contribution is 7.92. The highest BCUT2D eigenvalue weighted by Crippen LogP contribution is 2.32. The van der Waals surface area contributed by atoms with Crippen LogP contribution in [-0.2, 0) is 21.4 Å². The van der Waals surface area contributed by atoms with E-state index in [4.69, 9.17) is 14.2 Å². The molecule has 0 saturated heterocycles. The maximum absolute atomic E-state index is 13.4. The van der Waals surface area contributed by atoms with E-state index in [1.54, 1.807) is 36.4 Å². The number of hydrogen-bond acceptors (Lipinski definition) is 6. The van der Waals surface area contributed by atoms with E-state index in [0.717, 1.165) is 34.1 Å². The topological polar surface area (TPSA) is 94.2 Å². The summed E-state index contributed by atoms with van der Waals surface area (Å²) in [5.41, 5.74) is 0.909. The molecular formula is C24H25FN2O6S. The molecule has 0 aliphatic heterocycles. The third kappa shape index (κ3) is 5.57. The van der Waals surface area contributed by atoms with Crippen molar-refractivity contribution in [1.82, 2.24) is 5.32 Å². The molecule has 0 aliphatic carbocycles. The standard InChI is InChI=1S/C24H25FN2O6S/c1-31-21-7-5-4-6-20(21)27(34(29,30)19-11-9-18(25)10-12-19)16-24(28)26-15-17-8-13-22(32-2)23(14-17)33-3/h4-14H,15-16H2,1-3H3,(H,26,28). The molecule has 0 bridgehead atoms. The number of halogens is 1. The van der Waals surface area contributed by atoms with Crippen LogP contribution in [0, 0.1) is 5.82 Å². The highest BCUT2D eigenvalue weighted by atomic mass is 32.2. The van der Waals surface area contributed by atoms with Gasteiger partial charge >= 0.3 is 0 Å². The molecule has 180 valence electrons. The van der Waals surface area contributed by atoms with Crippen LogP contribution >= 0.6 is 0 Å². The van der Waals surface area contributed by atoms with Gasteiger partial charge in [0.25, 0.3) is 10.0 Å². The van der Waals surface area contributed by atoms with E-state index in [0.29, 0.717) is 11.5 Å². The van der Waals surface area contributed by atoms with E-state index in [-0.39, 0.29) is 22.9 Å². The Labute approximate surface area is 197 Å². The van der Waals surface area contributed by atoms with E-state index in [1.807, 2.05) is 0 Å². The van der Waals surface area contributed by atoms with E-state index < -0.39 is 28.3 Å². The number of sulfonamides is 1. The maximum Gasteiger partial charge on any atom is 0.264 e. The van der Waals surface area contributed by atoms with Crippen LogP contribution in [-0.4, -0.2) is 42.2 Å². The number of ether oxygens (including phenoxy) is 3. The average Bonchev–Trinajstić information content (AvgIpc) is 2.85. The first-order valence-corrected chi connectivity index (χ1v) is 11.6. The lowest BCUT2D eigenvalue weighted by molar-refractivity contribution is -0.119. The molecule has 0 heterocycles. The number of carbonyl (C=O) groups is 1. The Kier molecular flexibility index (Phi) is 7.95. The number of rotatable bonds is 10. The molecule has 3 aromatic rings. The van der Waals surface area contributed by atoms with Gasteiger partial charge in [-0.3, -0.25) is 9.10 Å². The summed E-state index contributed by atoms with van der Waals surface area (Å²) in [7, 11) is 0.216. The molecule has 3 aromatic carbocycles. The second-order valence-corrected chi connectivity index (χ2v) is 8.97. The molecule has 1 N–H and O–H groups in total. The highest BCUT2D eigenvalue weighted by Gasteiger charge is 2.29. The molecule has 0 aliphatic rings. The molecular weight excluding hydrogens is 463 g/mol.